The first-order chi connectivity index (χ1) is 9.52. The van der Waals surface area contributed by atoms with Gasteiger partial charge >= 0.3 is 0 Å². The molecule has 0 spiro atoms. The molecule has 0 atom stereocenters. The van der Waals surface area contributed by atoms with Crippen molar-refractivity contribution >= 4 is 17.4 Å². The van der Waals surface area contributed by atoms with E-state index in [1.165, 1.54) is 38.4 Å². The molecular weight excluding hydrogens is 270 g/mol. The zero-order valence-electron chi connectivity index (χ0n) is 13.2. The highest BCUT2D eigenvalue weighted by molar-refractivity contribution is 6.30. The fourth-order valence-electron chi connectivity index (χ4n) is 2.26. The van der Waals surface area contributed by atoms with Crippen LogP contribution in [0.2, 0.25) is 5.15 Å². The molecule has 0 amide bonds. The van der Waals surface area contributed by atoms with Gasteiger partial charge in [0.15, 0.2) is 0 Å². The predicted octanol–water partition coefficient (Wildman–Crippen LogP) is 5.27. The molecule has 20 heavy (non-hydrogen) atoms. The van der Waals surface area contributed by atoms with E-state index in [9.17, 15) is 0 Å². The molecule has 0 saturated carbocycles. The lowest BCUT2D eigenvalue weighted by Crippen LogP contribution is -2.08. The van der Waals surface area contributed by atoms with Gasteiger partial charge < -0.3 is 5.32 Å². The minimum Gasteiger partial charge on any atom is -0.370 e. The second kappa shape index (κ2) is 9.17. The van der Waals surface area contributed by atoms with Crippen molar-refractivity contribution in [3.8, 4) is 0 Å². The van der Waals surface area contributed by atoms with Gasteiger partial charge in [-0.3, -0.25) is 0 Å². The third kappa shape index (κ3) is 6.08. The molecule has 0 fully saturated rings. The van der Waals surface area contributed by atoms with Crippen LogP contribution in [0.4, 0.5) is 5.82 Å². The first-order valence-electron chi connectivity index (χ1n) is 7.76. The summed E-state index contributed by atoms with van der Waals surface area (Å²) in [5, 5.41) is 3.96. The van der Waals surface area contributed by atoms with E-state index in [0.717, 1.165) is 23.8 Å². The summed E-state index contributed by atoms with van der Waals surface area (Å²) in [5.41, 5.74) is 1.02. The Hall–Kier alpha value is -0.830. The molecule has 1 aromatic rings. The molecule has 0 radical (unpaired) electrons. The molecular formula is C16H28ClN3. The van der Waals surface area contributed by atoms with Crippen molar-refractivity contribution in [2.24, 2.45) is 5.92 Å². The Morgan fingerprint density at radius 3 is 2.40 bits per heavy atom. The van der Waals surface area contributed by atoms with Crippen molar-refractivity contribution in [2.45, 2.75) is 65.7 Å². The molecule has 1 heterocycles. The van der Waals surface area contributed by atoms with Crippen LogP contribution >= 0.6 is 11.6 Å². The van der Waals surface area contributed by atoms with Gasteiger partial charge in [0.05, 0.1) is 0 Å². The van der Waals surface area contributed by atoms with E-state index in [0.29, 0.717) is 11.1 Å². The third-order valence-corrected chi connectivity index (χ3v) is 3.71. The molecule has 0 aliphatic carbocycles. The normalized spacial score (nSPS) is 11.3. The molecule has 114 valence electrons. The van der Waals surface area contributed by atoms with E-state index < -0.39 is 0 Å². The number of nitrogens with zero attached hydrogens (tertiary/aromatic N) is 2. The Bertz CT molecular complexity index is 391. The molecule has 0 unspecified atom stereocenters. The van der Waals surface area contributed by atoms with E-state index in [1.807, 2.05) is 0 Å². The van der Waals surface area contributed by atoms with E-state index in [1.54, 1.807) is 0 Å². The lowest BCUT2D eigenvalue weighted by molar-refractivity contribution is 0.523. The van der Waals surface area contributed by atoms with Gasteiger partial charge in [-0.05, 0) is 18.3 Å². The average Bonchev–Trinajstić information content (AvgIpc) is 2.36. The standard InChI is InChI=1S/C16H28ClN3/c1-12(2)9-7-5-6-8-10-18-16-14(13(3)4)15(17)19-11-20-16/h11-13H,5-10H2,1-4H3,(H,18,19,20). The molecule has 3 nitrogen and oxygen atoms in total. The predicted molar refractivity (Wildman–Crippen MR) is 87.5 cm³/mol. The van der Waals surface area contributed by atoms with Crippen molar-refractivity contribution in [3.63, 3.8) is 0 Å². The fraction of sp³-hybridized carbons (Fsp3) is 0.750. The zero-order chi connectivity index (χ0) is 15.0. The summed E-state index contributed by atoms with van der Waals surface area (Å²) in [6, 6.07) is 0. The van der Waals surface area contributed by atoms with E-state index >= 15 is 0 Å². The second-order valence-corrected chi connectivity index (χ2v) is 6.46. The van der Waals surface area contributed by atoms with Crippen molar-refractivity contribution < 1.29 is 0 Å². The first-order valence-corrected chi connectivity index (χ1v) is 8.14. The third-order valence-electron chi connectivity index (χ3n) is 3.41. The van der Waals surface area contributed by atoms with Crippen LogP contribution in [-0.4, -0.2) is 16.5 Å². The van der Waals surface area contributed by atoms with Crippen molar-refractivity contribution in [2.75, 3.05) is 11.9 Å². The van der Waals surface area contributed by atoms with Crippen LogP contribution in [0.3, 0.4) is 0 Å². The Morgan fingerprint density at radius 1 is 1.05 bits per heavy atom. The molecule has 1 N–H and O–H groups in total. The van der Waals surface area contributed by atoms with Gasteiger partial charge in [-0.15, -0.1) is 0 Å². The molecule has 0 aromatic carbocycles. The number of halogens is 1. The maximum atomic E-state index is 6.14. The van der Waals surface area contributed by atoms with Gasteiger partial charge in [-0.2, -0.15) is 0 Å². The van der Waals surface area contributed by atoms with Crippen LogP contribution in [0, 0.1) is 5.92 Å². The van der Waals surface area contributed by atoms with Crippen LogP contribution in [-0.2, 0) is 0 Å². The summed E-state index contributed by atoms with van der Waals surface area (Å²) in [7, 11) is 0. The van der Waals surface area contributed by atoms with Crippen LogP contribution in [0.1, 0.15) is 71.3 Å². The summed E-state index contributed by atoms with van der Waals surface area (Å²) in [6.45, 7) is 9.75. The maximum Gasteiger partial charge on any atom is 0.138 e. The first kappa shape index (κ1) is 17.2. The molecule has 0 bridgehead atoms. The highest BCUT2D eigenvalue weighted by Crippen LogP contribution is 2.27. The van der Waals surface area contributed by atoms with Gasteiger partial charge in [0, 0.05) is 12.1 Å². The van der Waals surface area contributed by atoms with Crippen molar-refractivity contribution in [1.29, 1.82) is 0 Å². The molecule has 4 heteroatoms. The zero-order valence-corrected chi connectivity index (χ0v) is 14.0. The minimum atomic E-state index is 0.331. The topological polar surface area (TPSA) is 37.8 Å². The maximum absolute atomic E-state index is 6.14. The summed E-state index contributed by atoms with van der Waals surface area (Å²) < 4.78 is 0. The lowest BCUT2D eigenvalue weighted by atomic mass is 10.0. The number of aromatic nitrogens is 2. The van der Waals surface area contributed by atoms with E-state index in [4.69, 9.17) is 11.6 Å². The quantitative estimate of drug-likeness (QED) is 0.498. The largest absolute Gasteiger partial charge is 0.370 e. The van der Waals surface area contributed by atoms with Gasteiger partial charge in [-0.1, -0.05) is 65.0 Å². The molecule has 1 aromatic heterocycles. The van der Waals surface area contributed by atoms with Gasteiger partial charge in [0.25, 0.3) is 0 Å². The number of nitrogens with one attached hydrogen (secondary N) is 1. The van der Waals surface area contributed by atoms with Gasteiger partial charge in [-0.25, -0.2) is 9.97 Å². The summed E-state index contributed by atoms with van der Waals surface area (Å²) >= 11 is 6.14. The van der Waals surface area contributed by atoms with Crippen LogP contribution in [0.25, 0.3) is 0 Å². The summed E-state index contributed by atoms with van der Waals surface area (Å²) in [6.07, 6.45) is 7.98. The number of rotatable bonds is 9. The fourth-order valence-corrected chi connectivity index (χ4v) is 2.62. The molecule has 0 saturated heterocycles. The average molecular weight is 298 g/mol. The van der Waals surface area contributed by atoms with E-state index in [-0.39, 0.29) is 0 Å². The highest BCUT2D eigenvalue weighted by Gasteiger charge is 2.12. The number of unbranched alkanes of at least 4 members (excludes halogenated alkanes) is 3. The summed E-state index contributed by atoms with van der Waals surface area (Å²) in [5.74, 6) is 2.05. The van der Waals surface area contributed by atoms with Gasteiger partial charge in [0.2, 0.25) is 0 Å². The number of hydrogen-bond acceptors (Lipinski definition) is 3. The SMILES string of the molecule is CC(C)CCCCCCNc1ncnc(Cl)c1C(C)C. The highest BCUT2D eigenvalue weighted by atomic mass is 35.5. The Balaban J connectivity index is 2.30. The van der Waals surface area contributed by atoms with E-state index in [2.05, 4.69) is 43.0 Å². The van der Waals surface area contributed by atoms with Gasteiger partial charge in [0.1, 0.15) is 17.3 Å². The molecule has 0 aliphatic rings. The Morgan fingerprint density at radius 2 is 1.75 bits per heavy atom. The van der Waals surface area contributed by atoms with Crippen molar-refractivity contribution in [1.82, 2.24) is 9.97 Å². The number of hydrogen-bond donors (Lipinski definition) is 1. The monoisotopic (exact) mass is 297 g/mol. The Labute approximate surface area is 128 Å². The lowest BCUT2D eigenvalue weighted by Gasteiger charge is -2.14. The van der Waals surface area contributed by atoms with Crippen molar-refractivity contribution in [3.05, 3.63) is 17.0 Å². The van der Waals surface area contributed by atoms with Crippen LogP contribution < -0.4 is 5.32 Å². The van der Waals surface area contributed by atoms with Crippen LogP contribution in [0.5, 0.6) is 0 Å². The Kier molecular flexibility index (Phi) is 7.90. The number of anilines is 1. The van der Waals surface area contributed by atoms with Crippen LogP contribution in [0.15, 0.2) is 6.33 Å². The minimum absolute atomic E-state index is 0.331. The molecule has 0 aliphatic heterocycles. The smallest absolute Gasteiger partial charge is 0.138 e. The molecule has 1 rings (SSSR count). The second-order valence-electron chi connectivity index (χ2n) is 6.10. The summed E-state index contributed by atoms with van der Waals surface area (Å²) in [4.78, 5) is 8.37.